The highest BCUT2D eigenvalue weighted by Crippen LogP contribution is 1.98. The summed E-state index contributed by atoms with van der Waals surface area (Å²) in [7, 11) is 0. The van der Waals surface area contributed by atoms with Gasteiger partial charge in [0.2, 0.25) is 0 Å². The number of nitrogens with zero attached hydrogens (tertiary/aromatic N) is 2. The Bertz CT molecular complexity index is 213. The predicted molar refractivity (Wildman–Crippen MR) is 39.0 cm³/mol. The summed E-state index contributed by atoms with van der Waals surface area (Å²) in [4.78, 5) is 28.2. The maximum Gasteiger partial charge on any atom is 0.454 e. The van der Waals surface area contributed by atoms with Crippen LogP contribution in [0.25, 0.3) is 0 Å². The van der Waals surface area contributed by atoms with Crippen LogP contribution in [0.1, 0.15) is 13.3 Å². The quantitative estimate of drug-likeness (QED) is 0.258. The molecule has 0 aliphatic heterocycles. The summed E-state index contributed by atoms with van der Waals surface area (Å²) in [6.45, 7) is 0.801. The Balaban J connectivity index is 3.91. The van der Waals surface area contributed by atoms with Gasteiger partial charge in [-0.3, -0.25) is 25.0 Å². The van der Waals surface area contributed by atoms with Crippen molar-refractivity contribution in [3.8, 4) is 0 Å². The van der Waals surface area contributed by atoms with E-state index in [0.717, 1.165) is 6.92 Å². The van der Waals surface area contributed by atoms with E-state index in [1.807, 2.05) is 0 Å². The number of hydrogen-bond donors (Lipinski definition) is 0. The van der Waals surface area contributed by atoms with Crippen LogP contribution in [0, 0.1) is 20.2 Å². The van der Waals surface area contributed by atoms with Gasteiger partial charge in [0.25, 0.3) is 0 Å². The van der Waals surface area contributed by atoms with Crippen LogP contribution in [-0.4, -0.2) is 28.6 Å². The van der Waals surface area contributed by atoms with Crippen LogP contribution < -0.4 is 0 Å². The van der Waals surface area contributed by atoms with E-state index < -0.39 is 28.4 Å². The van der Waals surface area contributed by atoms with Gasteiger partial charge in [-0.25, -0.2) is 0 Å². The summed E-state index contributed by atoms with van der Waals surface area (Å²) in [5.41, 5.74) is 0. The molecule has 0 unspecified atom stereocenters. The van der Waals surface area contributed by atoms with E-state index in [0.29, 0.717) is 0 Å². The molecule has 0 aliphatic rings. The summed E-state index contributed by atoms with van der Waals surface area (Å²) in [6, 6.07) is 0. The van der Waals surface area contributed by atoms with Crippen LogP contribution >= 0.6 is 0 Å². The van der Waals surface area contributed by atoms with Crippen LogP contribution in [0.4, 0.5) is 0 Å². The molecule has 0 spiro atoms. The molecule has 8 heteroatoms. The van der Waals surface area contributed by atoms with Crippen LogP contribution in [0.15, 0.2) is 0 Å². The minimum Gasteiger partial charge on any atom is -0.465 e. The molecule has 0 aliphatic carbocycles. The van der Waals surface area contributed by atoms with Gasteiger partial charge in [-0.2, -0.15) is 0 Å². The molecule has 13 heavy (non-hydrogen) atoms. The van der Waals surface area contributed by atoms with Crippen LogP contribution in [0.2, 0.25) is 0 Å². The zero-order valence-electron chi connectivity index (χ0n) is 6.84. The lowest BCUT2D eigenvalue weighted by molar-refractivity contribution is -0.743. The molecule has 0 aromatic carbocycles. The molecule has 0 radical (unpaired) electrons. The van der Waals surface area contributed by atoms with E-state index in [1.54, 1.807) is 0 Å². The lowest BCUT2D eigenvalue weighted by Gasteiger charge is -2.01. The Labute approximate surface area is 72.8 Å². The van der Waals surface area contributed by atoms with Gasteiger partial charge < -0.3 is 4.74 Å². The van der Waals surface area contributed by atoms with Gasteiger partial charge in [-0.15, -0.1) is 0 Å². The molecule has 0 saturated carbocycles. The van der Waals surface area contributed by atoms with Crippen molar-refractivity contribution in [1.29, 1.82) is 0 Å². The number of esters is 1. The van der Waals surface area contributed by atoms with E-state index >= 15 is 0 Å². The molecule has 0 heterocycles. The first-order valence-corrected chi connectivity index (χ1v) is 3.35. The fourth-order valence-corrected chi connectivity index (χ4v) is 0.596. The number of carbonyl (C=O) groups excluding carboxylic acids is 1. The summed E-state index contributed by atoms with van der Waals surface area (Å²) < 4.78 is 4.32. The molecule has 0 atom stereocenters. The monoisotopic (exact) mass is 192 g/mol. The highest BCUT2D eigenvalue weighted by Gasteiger charge is 2.31. The maximum atomic E-state index is 10.2. The first kappa shape index (κ1) is 11.3. The van der Waals surface area contributed by atoms with Crippen LogP contribution in [0.5, 0.6) is 0 Å². The summed E-state index contributed by atoms with van der Waals surface area (Å²) >= 11 is 0. The van der Waals surface area contributed by atoms with Crippen molar-refractivity contribution in [2.75, 3.05) is 6.61 Å². The number of rotatable bonds is 5. The minimum absolute atomic E-state index is 0.318. The van der Waals surface area contributed by atoms with Crippen molar-refractivity contribution in [2.45, 2.75) is 19.5 Å². The summed E-state index contributed by atoms with van der Waals surface area (Å²) in [5.74, 6) is -0.620. The van der Waals surface area contributed by atoms with Gasteiger partial charge in [0.05, 0.1) is 9.85 Å². The van der Waals surface area contributed by atoms with E-state index in [2.05, 4.69) is 4.74 Å². The van der Waals surface area contributed by atoms with E-state index in [-0.39, 0.29) is 6.61 Å². The Kier molecular flexibility index (Phi) is 4.34. The van der Waals surface area contributed by atoms with Gasteiger partial charge >= 0.3 is 12.1 Å². The van der Waals surface area contributed by atoms with Crippen molar-refractivity contribution < 1.29 is 19.4 Å². The second kappa shape index (κ2) is 5.01. The highest BCUT2D eigenvalue weighted by atomic mass is 16.7. The molecule has 8 nitrogen and oxygen atoms in total. The fraction of sp³-hybridized carbons (Fsp3) is 0.800. The third kappa shape index (κ3) is 4.67. The lowest BCUT2D eigenvalue weighted by atomic mass is 10.4. The SMILES string of the molecule is CC(=O)OCCC([N+](=O)[O-])[N+](=O)[O-]. The normalized spacial score (nSPS) is 9.69. The summed E-state index contributed by atoms with van der Waals surface area (Å²) in [6.07, 6.45) is -2.32. The molecule has 0 amide bonds. The van der Waals surface area contributed by atoms with Gasteiger partial charge in [-0.1, -0.05) is 0 Å². The van der Waals surface area contributed by atoms with E-state index in [9.17, 15) is 25.0 Å². The number of ether oxygens (including phenoxy) is 1. The molecule has 0 aromatic heterocycles. The molecule has 0 fully saturated rings. The molecular weight excluding hydrogens is 184 g/mol. The average Bonchev–Trinajstić information content (AvgIpc) is 1.95. The van der Waals surface area contributed by atoms with Gasteiger partial charge in [0.1, 0.15) is 13.0 Å². The third-order valence-electron chi connectivity index (χ3n) is 1.17. The van der Waals surface area contributed by atoms with Crippen molar-refractivity contribution in [1.82, 2.24) is 0 Å². The standard InChI is InChI=1S/C5H8N2O6/c1-4(8)13-3-2-5(6(9)10)7(11)12/h5H,2-3H2,1H3. The second-order valence-electron chi connectivity index (χ2n) is 2.18. The van der Waals surface area contributed by atoms with E-state index in [4.69, 9.17) is 0 Å². The van der Waals surface area contributed by atoms with Gasteiger partial charge in [0.15, 0.2) is 0 Å². The molecular formula is C5H8N2O6. The van der Waals surface area contributed by atoms with Crippen molar-refractivity contribution in [2.24, 2.45) is 0 Å². The topological polar surface area (TPSA) is 113 Å². The van der Waals surface area contributed by atoms with Gasteiger partial charge in [0, 0.05) is 6.92 Å². The second-order valence-corrected chi connectivity index (χ2v) is 2.18. The third-order valence-corrected chi connectivity index (χ3v) is 1.17. The Morgan fingerprint density at radius 1 is 1.38 bits per heavy atom. The fourth-order valence-electron chi connectivity index (χ4n) is 0.596. The highest BCUT2D eigenvalue weighted by molar-refractivity contribution is 5.65. The van der Waals surface area contributed by atoms with Crippen LogP contribution in [0.3, 0.4) is 0 Å². The largest absolute Gasteiger partial charge is 0.465 e. The zero-order chi connectivity index (χ0) is 10.4. The van der Waals surface area contributed by atoms with Crippen LogP contribution in [-0.2, 0) is 9.53 Å². The molecule has 0 rings (SSSR count). The molecule has 0 N–H and O–H groups in total. The van der Waals surface area contributed by atoms with Gasteiger partial charge in [-0.05, 0) is 0 Å². The molecule has 0 aromatic rings. The number of hydrogen-bond acceptors (Lipinski definition) is 6. The van der Waals surface area contributed by atoms with E-state index in [1.165, 1.54) is 0 Å². The Morgan fingerprint density at radius 2 is 1.85 bits per heavy atom. The first-order valence-electron chi connectivity index (χ1n) is 3.35. The molecule has 0 bridgehead atoms. The zero-order valence-corrected chi connectivity index (χ0v) is 6.84. The first-order chi connectivity index (χ1) is 5.95. The van der Waals surface area contributed by atoms with Crippen molar-refractivity contribution >= 4 is 5.97 Å². The molecule has 74 valence electrons. The Hall–Kier alpha value is -1.73. The maximum absolute atomic E-state index is 10.2. The predicted octanol–water partition coefficient (Wildman–Crippen LogP) is -0.181. The number of nitro groups is 2. The lowest BCUT2D eigenvalue weighted by Crippen LogP contribution is -2.30. The molecule has 0 saturated heterocycles. The van der Waals surface area contributed by atoms with Crippen molar-refractivity contribution in [3.63, 3.8) is 0 Å². The summed E-state index contributed by atoms with van der Waals surface area (Å²) in [5, 5.41) is 20.1. The smallest absolute Gasteiger partial charge is 0.454 e. The minimum atomic E-state index is -1.90. The van der Waals surface area contributed by atoms with Crippen molar-refractivity contribution in [3.05, 3.63) is 20.2 Å². The Morgan fingerprint density at radius 3 is 2.15 bits per heavy atom. The number of carbonyl (C=O) groups is 1. The average molecular weight is 192 g/mol.